The van der Waals surface area contributed by atoms with E-state index >= 15 is 0 Å². The number of pyridine rings is 1. The Morgan fingerprint density at radius 3 is 3.00 bits per heavy atom. The molecule has 1 aliphatic rings. The zero-order valence-corrected chi connectivity index (χ0v) is 8.14. The lowest BCUT2D eigenvalue weighted by molar-refractivity contribution is 0.120. The van der Waals surface area contributed by atoms with Crippen LogP contribution in [0.25, 0.3) is 0 Å². The van der Waals surface area contributed by atoms with Crippen LogP contribution in [0, 0.1) is 0 Å². The Bertz CT molecular complexity index is 363. The van der Waals surface area contributed by atoms with Crippen LogP contribution in [0.3, 0.4) is 0 Å². The van der Waals surface area contributed by atoms with E-state index in [0.29, 0.717) is 11.4 Å². The molecule has 80 valence electrons. The van der Waals surface area contributed by atoms with Gasteiger partial charge in [0.1, 0.15) is 0 Å². The number of amides is 1. The molecule has 1 aliphatic carbocycles. The molecule has 0 aliphatic heterocycles. The number of rotatable bonds is 3. The van der Waals surface area contributed by atoms with Crippen LogP contribution in [0.4, 0.5) is 10.5 Å². The Kier molecular flexibility index (Phi) is 2.71. The Hall–Kier alpha value is -1.78. The third kappa shape index (κ3) is 2.37. The number of carboxylic acid groups (broad SMARTS) is 1. The molecule has 0 saturated heterocycles. The van der Waals surface area contributed by atoms with Crippen LogP contribution in [0.2, 0.25) is 0 Å². The van der Waals surface area contributed by atoms with Crippen LogP contribution in [0.5, 0.6) is 5.75 Å². The van der Waals surface area contributed by atoms with Gasteiger partial charge in [-0.05, 0) is 25.3 Å². The maximum atomic E-state index is 10.5. The van der Waals surface area contributed by atoms with Gasteiger partial charge in [-0.25, -0.2) is 4.79 Å². The van der Waals surface area contributed by atoms with E-state index in [2.05, 4.69) is 10.3 Å². The lowest BCUT2D eigenvalue weighted by Crippen LogP contribution is -2.25. The number of nitrogens with one attached hydrogen (secondary N) is 1. The minimum Gasteiger partial charge on any atom is -0.487 e. The average Bonchev–Trinajstić information content (AvgIpc) is 2.13. The van der Waals surface area contributed by atoms with Crippen LogP contribution in [0.1, 0.15) is 19.3 Å². The fourth-order valence-electron chi connectivity index (χ4n) is 1.36. The fraction of sp³-hybridized carbons (Fsp3) is 0.400. The summed E-state index contributed by atoms with van der Waals surface area (Å²) >= 11 is 0. The van der Waals surface area contributed by atoms with Crippen molar-refractivity contribution < 1.29 is 14.6 Å². The molecule has 1 heterocycles. The number of hydrogen-bond acceptors (Lipinski definition) is 3. The van der Waals surface area contributed by atoms with Gasteiger partial charge in [0.25, 0.3) is 0 Å². The van der Waals surface area contributed by atoms with Crippen LogP contribution in [-0.4, -0.2) is 22.3 Å². The molecule has 0 aromatic carbocycles. The molecular formula is C10H12N2O3. The third-order valence-corrected chi connectivity index (χ3v) is 2.37. The molecule has 0 unspecified atom stereocenters. The van der Waals surface area contributed by atoms with E-state index in [-0.39, 0.29) is 6.10 Å². The molecule has 1 fully saturated rings. The smallest absolute Gasteiger partial charge is 0.409 e. The minimum absolute atomic E-state index is 0.212. The predicted molar refractivity (Wildman–Crippen MR) is 54.2 cm³/mol. The van der Waals surface area contributed by atoms with E-state index in [9.17, 15) is 4.79 Å². The summed E-state index contributed by atoms with van der Waals surface area (Å²) in [6.45, 7) is 0. The van der Waals surface area contributed by atoms with Gasteiger partial charge in [0, 0.05) is 6.20 Å². The lowest BCUT2D eigenvalue weighted by Gasteiger charge is -2.27. The third-order valence-electron chi connectivity index (χ3n) is 2.37. The maximum absolute atomic E-state index is 10.5. The van der Waals surface area contributed by atoms with Gasteiger partial charge in [0.2, 0.25) is 0 Å². The van der Waals surface area contributed by atoms with Crippen LogP contribution in [-0.2, 0) is 0 Å². The second-order valence-electron chi connectivity index (χ2n) is 3.47. The highest BCUT2D eigenvalue weighted by molar-refractivity contribution is 5.84. The first-order chi connectivity index (χ1) is 7.25. The first-order valence-electron chi connectivity index (χ1n) is 4.86. The number of nitrogens with zero attached hydrogens (tertiary/aromatic N) is 1. The first-order valence-corrected chi connectivity index (χ1v) is 4.86. The topological polar surface area (TPSA) is 71.5 Å². The molecule has 1 saturated carbocycles. The van der Waals surface area contributed by atoms with Crippen LogP contribution in [0.15, 0.2) is 18.5 Å². The van der Waals surface area contributed by atoms with Crippen molar-refractivity contribution in [3.05, 3.63) is 18.5 Å². The summed E-state index contributed by atoms with van der Waals surface area (Å²) in [6.07, 6.45) is 5.40. The predicted octanol–water partition coefficient (Wildman–Crippen LogP) is 2.10. The molecule has 2 N–H and O–H groups in total. The second-order valence-corrected chi connectivity index (χ2v) is 3.47. The Morgan fingerprint density at radius 1 is 1.60 bits per heavy atom. The van der Waals surface area contributed by atoms with Gasteiger partial charge in [0.15, 0.2) is 5.75 Å². The Morgan fingerprint density at radius 2 is 2.40 bits per heavy atom. The highest BCUT2D eigenvalue weighted by atomic mass is 16.5. The summed E-state index contributed by atoms with van der Waals surface area (Å²) in [7, 11) is 0. The quantitative estimate of drug-likeness (QED) is 0.797. The Labute approximate surface area is 87.1 Å². The van der Waals surface area contributed by atoms with Gasteiger partial charge in [-0.1, -0.05) is 0 Å². The largest absolute Gasteiger partial charge is 0.487 e. The van der Waals surface area contributed by atoms with Crippen molar-refractivity contribution in [3.8, 4) is 5.75 Å². The van der Waals surface area contributed by atoms with Gasteiger partial charge in [-0.2, -0.15) is 0 Å². The SMILES string of the molecule is O=C(O)Nc1ccncc1OC1CCC1. The molecule has 0 spiro atoms. The lowest BCUT2D eigenvalue weighted by atomic mass is 9.96. The number of carbonyl (C=O) groups is 1. The molecule has 5 nitrogen and oxygen atoms in total. The van der Waals surface area contributed by atoms with Crippen molar-refractivity contribution in [2.24, 2.45) is 0 Å². The molecule has 15 heavy (non-hydrogen) atoms. The summed E-state index contributed by atoms with van der Waals surface area (Å²) in [4.78, 5) is 14.4. The van der Waals surface area contributed by atoms with E-state index in [1.165, 1.54) is 18.8 Å². The van der Waals surface area contributed by atoms with Gasteiger partial charge < -0.3 is 9.84 Å². The van der Waals surface area contributed by atoms with E-state index < -0.39 is 6.09 Å². The zero-order valence-electron chi connectivity index (χ0n) is 8.14. The van der Waals surface area contributed by atoms with Crippen molar-refractivity contribution in [2.45, 2.75) is 25.4 Å². The minimum atomic E-state index is -1.10. The highest BCUT2D eigenvalue weighted by Crippen LogP contribution is 2.29. The molecule has 1 aromatic rings. The van der Waals surface area contributed by atoms with Crippen molar-refractivity contribution in [2.75, 3.05) is 5.32 Å². The molecule has 1 aromatic heterocycles. The summed E-state index contributed by atoms with van der Waals surface area (Å²) in [5.41, 5.74) is 0.449. The normalized spacial score (nSPS) is 15.5. The van der Waals surface area contributed by atoms with Gasteiger partial charge in [0.05, 0.1) is 18.0 Å². The van der Waals surface area contributed by atoms with Crippen molar-refractivity contribution in [1.82, 2.24) is 4.98 Å². The van der Waals surface area contributed by atoms with Gasteiger partial charge in [-0.3, -0.25) is 10.3 Å². The average molecular weight is 208 g/mol. The van der Waals surface area contributed by atoms with E-state index in [1.807, 2.05) is 0 Å². The number of ether oxygens (including phenoxy) is 1. The fourth-order valence-corrected chi connectivity index (χ4v) is 1.36. The summed E-state index contributed by atoms with van der Waals surface area (Å²) < 4.78 is 5.59. The van der Waals surface area contributed by atoms with Gasteiger partial charge >= 0.3 is 6.09 Å². The molecule has 5 heteroatoms. The maximum Gasteiger partial charge on any atom is 0.409 e. The van der Waals surface area contributed by atoms with Crippen molar-refractivity contribution in [3.63, 3.8) is 0 Å². The number of hydrogen-bond donors (Lipinski definition) is 2. The molecule has 2 rings (SSSR count). The first kappa shape index (κ1) is 9.76. The molecule has 0 atom stereocenters. The summed E-state index contributed by atoms with van der Waals surface area (Å²) in [5.74, 6) is 0.504. The summed E-state index contributed by atoms with van der Waals surface area (Å²) in [6, 6.07) is 1.59. The second kappa shape index (κ2) is 4.16. The molecule has 0 radical (unpaired) electrons. The standard InChI is InChI=1S/C10H12N2O3/c13-10(14)12-8-4-5-11-6-9(8)15-7-2-1-3-7/h4-7H,1-3H2,(H,11,12)(H,13,14). The zero-order chi connectivity index (χ0) is 10.7. The van der Waals surface area contributed by atoms with E-state index in [0.717, 1.165) is 12.8 Å². The van der Waals surface area contributed by atoms with Crippen molar-refractivity contribution in [1.29, 1.82) is 0 Å². The molecule has 0 bridgehead atoms. The molecular weight excluding hydrogens is 196 g/mol. The number of aromatic nitrogens is 1. The van der Waals surface area contributed by atoms with E-state index in [1.54, 1.807) is 6.07 Å². The monoisotopic (exact) mass is 208 g/mol. The van der Waals surface area contributed by atoms with E-state index in [4.69, 9.17) is 9.84 Å². The van der Waals surface area contributed by atoms with Crippen molar-refractivity contribution >= 4 is 11.8 Å². The highest BCUT2D eigenvalue weighted by Gasteiger charge is 2.20. The van der Waals surface area contributed by atoms with Crippen LogP contribution < -0.4 is 10.1 Å². The number of anilines is 1. The van der Waals surface area contributed by atoms with Gasteiger partial charge in [-0.15, -0.1) is 0 Å². The summed E-state index contributed by atoms with van der Waals surface area (Å²) in [5, 5.41) is 10.9. The van der Waals surface area contributed by atoms with Crippen LogP contribution >= 0.6 is 0 Å². The molecule has 1 amide bonds. The Balaban J connectivity index is 2.09.